The summed E-state index contributed by atoms with van der Waals surface area (Å²) in [5.74, 6) is 0. The first-order valence-corrected chi connectivity index (χ1v) is 7.98. The molecule has 0 spiro atoms. The zero-order valence-corrected chi connectivity index (χ0v) is 13.7. The zero-order chi connectivity index (χ0) is 14.1. The summed E-state index contributed by atoms with van der Waals surface area (Å²) in [6, 6.07) is 8.21. The molecule has 2 heterocycles. The van der Waals surface area contributed by atoms with Crippen LogP contribution in [0.25, 0.3) is 10.9 Å². The number of nitrogens with zero attached hydrogens (tertiary/aromatic N) is 3. The Bertz CT molecular complexity index is 754. The molecule has 0 saturated carbocycles. The van der Waals surface area contributed by atoms with Gasteiger partial charge >= 0.3 is 0 Å². The quantitative estimate of drug-likeness (QED) is 0.703. The molecule has 102 valence electrons. The number of pyridine rings is 1. The van der Waals surface area contributed by atoms with Crippen molar-refractivity contribution in [1.29, 1.82) is 0 Å². The first-order valence-electron chi connectivity index (χ1n) is 6.30. The molecule has 20 heavy (non-hydrogen) atoms. The number of benzene rings is 1. The van der Waals surface area contributed by atoms with Crippen LogP contribution < -0.4 is 4.90 Å². The van der Waals surface area contributed by atoms with E-state index in [0.29, 0.717) is 0 Å². The van der Waals surface area contributed by atoms with Crippen LogP contribution in [0.3, 0.4) is 0 Å². The Hall–Kier alpha value is -1.46. The Kier molecular flexibility index (Phi) is 3.72. The fraction of sp³-hybridized carbons (Fsp3) is 0.200. The lowest BCUT2D eigenvalue weighted by Gasteiger charge is -2.20. The predicted molar refractivity (Wildman–Crippen MR) is 88.4 cm³/mol. The number of para-hydroxylation sites is 1. The zero-order valence-electron chi connectivity index (χ0n) is 11.3. The van der Waals surface area contributed by atoms with Gasteiger partial charge in [0.1, 0.15) is 5.01 Å². The van der Waals surface area contributed by atoms with Gasteiger partial charge in [0.2, 0.25) is 0 Å². The summed E-state index contributed by atoms with van der Waals surface area (Å²) in [5, 5.41) is 4.37. The molecule has 0 saturated heterocycles. The molecule has 1 aromatic carbocycles. The average Bonchev–Trinajstić information content (AvgIpc) is 2.84. The molecular formula is C15H14BrN3S. The Morgan fingerprint density at radius 2 is 2.15 bits per heavy atom. The van der Waals surface area contributed by atoms with E-state index in [2.05, 4.69) is 55.4 Å². The molecular weight excluding hydrogens is 334 g/mol. The lowest BCUT2D eigenvalue weighted by molar-refractivity contribution is 0.908. The van der Waals surface area contributed by atoms with E-state index in [1.54, 1.807) is 11.3 Å². The maximum atomic E-state index is 4.53. The lowest BCUT2D eigenvalue weighted by atomic mass is 10.2. The first kappa shape index (κ1) is 13.5. The van der Waals surface area contributed by atoms with Crippen molar-refractivity contribution in [2.24, 2.45) is 0 Å². The number of rotatable bonds is 3. The number of hydrogen-bond acceptors (Lipinski definition) is 4. The third kappa shape index (κ3) is 2.55. The van der Waals surface area contributed by atoms with Crippen LogP contribution in [0, 0.1) is 6.92 Å². The maximum Gasteiger partial charge on any atom is 0.112 e. The Labute approximate surface area is 130 Å². The Balaban J connectivity index is 1.99. The van der Waals surface area contributed by atoms with E-state index < -0.39 is 0 Å². The monoisotopic (exact) mass is 347 g/mol. The molecule has 3 nitrogen and oxygen atoms in total. The van der Waals surface area contributed by atoms with Crippen LogP contribution in [0.2, 0.25) is 0 Å². The van der Waals surface area contributed by atoms with Crippen LogP contribution in [0.4, 0.5) is 5.69 Å². The third-order valence-electron chi connectivity index (χ3n) is 3.15. The molecule has 0 amide bonds. The van der Waals surface area contributed by atoms with Crippen LogP contribution in [-0.4, -0.2) is 17.0 Å². The molecule has 3 aromatic rings. The van der Waals surface area contributed by atoms with Crippen molar-refractivity contribution in [1.82, 2.24) is 9.97 Å². The number of anilines is 1. The molecule has 2 aromatic heterocycles. The number of aromatic nitrogens is 2. The highest BCUT2D eigenvalue weighted by Crippen LogP contribution is 2.30. The van der Waals surface area contributed by atoms with E-state index in [0.717, 1.165) is 32.6 Å². The van der Waals surface area contributed by atoms with E-state index in [1.807, 2.05) is 25.3 Å². The smallest absolute Gasteiger partial charge is 0.112 e. The summed E-state index contributed by atoms with van der Waals surface area (Å²) in [5.41, 5.74) is 3.25. The molecule has 0 radical (unpaired) electrons. The summed E-state index contributed by atoms with van der Waals surface area (Å²) in [4.78, 5) is 11.2. The fourth-order valence-corrected chi connectivity index (χ4v) is 3.51. The summed E-state index contributed by atoms with van der Waals surface area (Å²) < 4.78 is 1.02. The standard InChI is InChI=1S/C15H14BrN3S/c1-10-9-20-14(18-10)8-19(2)13-6-7-17-15-11(13)4-3-5-12(15)16/h3-7,9H,8H2,1-2H3. The molecule has 5 heteroatoms. The predicted octanol–water partition coefficient (Wildman–Crippen LogP) is 4.40. The highest BCUT2D eigenvalue weighted by atomic mass is 79.9. The minimum atomic E-state index is 0.810. The van der Waals surface area contributed by atoms with Crippen LogP contribution in [0.15, 0.2) is 40.3 Å². The van der Waals surface area contributed by atoms with E-state index in [4.69, 9.17) is 0 Å². The van der Waals surface area contributed by atoms with E-state index >= 15 is 0 Å². The van der Waals surface area contributed by atoms with Gasteiger partial charge in [-0.15, -0.1) is 11.3 Å². The lowest BCUT2D eigenvalue weighted by Crippen LogP contribution is -2.16. The number of halogens is 1. The van der Waals surface area contributed by atoms with Gasteiger partial charge in [0.15, 0.2) is 0 Å². The summed E-state index contributed by atoms with van der Waals surface area (Å²) in [6.07, 6.45) is 1.85. The van der Waals surface area contributed by atoms with Crippen LogP contribution in [-0.2, 0) is 6.54 Å². The molecule has 0 atom stereocenters. The average molecular weight is 348 g/mol. The van der Waals surface area contributed by atoms with Crippen molar-refractivity contribution in [3.05, 3.63) is 51.0 Å². The highest BCUT2D eigenvalue weighted by molar-refractivity contribution is 9.10. The van der Waals surface area contributed by atoms with Crippen LogP contribution in [0.1, 0.15) is 10.7 Å². The molecule has 0 aliphatic rings. The van der Waals surface area contributed by atoms with E-state index in [-0.39, 0.29) is 0 Å². The van der Waals surface area contributed by atoms with Crippen molar-refractivity contribution in [2.45, 2.75) is 13.5 Å². The van der Waals surface area contributed by atoms with Gasteiger partial charge in [-0.2, -0.15) is 0 Å². The van der Waals surface area contributed by atoms with Crippen molar-refractivity contribution in [2.75, 3.05) is 11.9 Å². The molecule has 3 rings (SSSR count). The summed E-state index contributed by atoms with van der Waals surface area (Å²) >= 11 is 5.26. The summed E-state index contributed by atoms with van der Waals surface area (Å²) in [6.45, 7) is 2.84. The van der Waals surface area contributed by atoms with Crippen molar-refractivity contribution >= 4 is 43.9 Å². The second-order valence-corrected chi connectivity index (χ2v) is 6.50. The SMILES string of the molecule is Cc1csc(CN(C)c2ccnc3c(Br)cccc23)n1. The normalized spacial score (nSPS) is 10.9. The van der Waals surface area contributed by atoms with E-state index in [1.165, 1.54) is 5.69 Å². The molecule has 0 N–H and O–H groups in total. The number of aryl methyl sites for hydroxylation is 1. The minimum absolute atomic E-state index is 0.810. The second kappa shape index (κ2) is 5.50. The molecule has 0 aliphatic carbocycles. The number of fused-ring (bicyclic) bond motifs is 1. The van der Waals surface area contributed by atoms with Gasteiger partial charge in [0, 0.05) is 39.9 Å². The van der Waals surface area contributed by atoms with Crippen LogP contribution in [0.5, 0.6) is 0 Å². The molecule has 0 aliphatic heterocycles. The topological polar surface area (TPSA) is 29.0 Å². The molecule has 0 unspecified atom stereocenters. The molecule has 0 bridgehead atoms. The molecule has 0 fully saturated rings. The van der Waals surface area contributed by atoms with E-state index in [9.17, 15) is 0 Å². The van der Waals surface area contributed by atoms with Crippen molar-refractivity contribution < 1.29 is 0 Å². The number of thiazole rings is 1. The van der Waals surface area contributed by atoms with Crippen molar-refractivity contribution in [3.63, 3.8) is 0 Å². The Morgan fingerprint density at radius 1 is 1.30 bits per heavy atom. The van der Waals surface area contributed by atoms with Gasteiger partial charge in [-0.1, -0.05) is 12.1 Å². The van der Waals surface area contributed by atoms with Gasteiger partial charge < -0.3 is 4.90 Å². The van der Waals surface area contributed by atoms with Crippen LogP contribution >= 0.6 is 27.3 Å². The van der Waals surface area contributed by atoms with Gasteiger partial charge in [-0.3, -0.25) is 4.98 Å². The van der Waals surface area contributed by atoms with Gasteiger partial charge in [-0.25, -0.2) is 4.98 Å². The largest absolute Gasteiger partial charge is 0.367 e. The summed E-state index contributed by atoms with van der Waals surface area (Å²) in [7, 11) is 2.09. The maximum absolute atomic E-state index is 4.53. The van der Waals surface area contributed by atoms with Gasteiger partial charge in [0.05, 0.1) is 12.1 Å². The third-order valence-corrected chi connectivity index (χ3v) is 4.74. The van der Waals surface area contributed by atoms with Crippen molar-refractivity contribution in [3.8, 4) is 0 Å². The minimum Gasteiger partial charge on any atom is -0.367 e. The van der Waals surface area contributed by atoms with Gasteiger partial charge in [-0.05, 0) is 35.0 Å². The number of hydrogen-bond donors (Lipinski definition) is 0. The Morgan fingerprint density at radius 3 is 2.90 bits per heavy atom. The fourth-order valence-electron chi connectivity index (χ4n) is 2.22. The second-order valence-electron chi connectivity index (χ2n) is 4.70. The van der Waals surface area contributed by atoms with Gasteiger partial charge in [0.25, 0.3) is 0 Å². The highest BCUT2D eigenvalue weighted by Gasteiger charge is 2.10. The first-order chi connectivity index (χ1) is 9.65.